The van der Waals surface area contributed by atoms with Gasteiger partial charge in [-0.15, -0.1) is 0 Å². The molecule has 0 bridgehead atoms. The van der Waals surface area contributed by atoms with Crippen LogP contribution in [0.3, 0.4) is 0 Å². The number of halogens is 4. The predicted molar refractivity (Wildman–Crippen MR) is 82.4 cm³/mol. The smallest absolute Gasteiger partial charge is 0.267 e. The van der Waals surface area contributed by atoms with Crippen molar-refractivity contribution in [1.29, 1.82) is 0 Å². The Labute approximate surface area is 145 Å². The number of rotatable bonds is 3. The molecule has 0 aliphatic carbocycles. The lowest BCUT2D eigenvalue weighted by Crippen LogP contribution is -2.30. The van der Waals surface area contributed by atoms with Gasteiger partial charge in [0.25, 0.3) is 6.43 Å². The molecule has 2 unspecified atom stereocenters. The number of pyridine rings is 1. The number of sulfone groups is 1. The van der Waals surface area contributed by atoms with Crippen molar-refractivity contribution in [2.45, 2.75) is 29.3 Å². The van der Waals surface area contributed by atoms with Crippen LogP contribution in [0.5, 0.6) is 11.5 Å². The Balaban J connectivity index is 2.20. The summed E-state index contributed by atoms with van der Waals surface area (Å²) in [7, 11) is -4.62. The van der Waals surface area contributed by atoms with E-state index in [1.807, 2.05) is 0 Å². The summed E-state index contributed by atoms with van der Waals surface area (Å²) in [5, 5.41) is 7.11. The maximum absolute atomic E-state index is 14.5. The number of aromatic nitrogens is 1. The number of hydrogen-bond acceptors (Lipinski definition) is 5. The summed E-state index contributed by atoms with van der Waals surface area (Å²) in [4.78, 5) is 3.06. The topological polar surface area (TPSA) is 76.5 Å². The van der Waals surface area contributed by atoms with Gasteiger partial charge in [0.05, 0.1) is 21.7 Å². The Bertz CT molecular complexity index is 950. The summed E-state index contributed by atoms with van der Waals surface area (Å²) in [5.74, 6) is -0.405. The third-order valence-electron chi connectivity index (χ3n) is 3.91. The van der Waals surface area contributed by atoms with E-state index in [0.717, 1.165) is 12.1 Å². The van der Waals surface area contributed by atoms with Crippen LogP contribution in [-0.4, -0.2) is 23.5 Å². The van der Waals surface area contributed by atoms with Crippen molar-refractivity contribution in [2.24, 2.45) is 0 Å². The number of ether oxygens (including phenoxy) is 1. The SMILES string of the molecule is CC1(F)C(O)c2c(ccc(Oc3cncc(Cl)c3)c2C(F)F)S1(=O)=O. The summed E-state index contributed by atoms with van der Waals surface area (Å²) in [6, 6.07) is 3.22. The second kappa shape index (κ2) is 5.86. The van der Waals surface area contributed by atoms with Gasteiger partial charge in [-0.1, -0.05) is 11.6 Å². The lowest BCUT2D eigenvalue weighted by molar-refractivity contribution is 0.0596. The van der Waals surface area contributed by atoms with Crippen LogP contribution in [0.15, 0.2) is 35.5 Å². The van der Waals surface area contributed by atoms with Gasteiger partial charge in [-0.2, -0.15) is 0 Å². The molecule has 0 fully saturated rings. The van der Waals surface area contributed by atoms with Crippen LogP contribution in [-0.2, 0) is 9.84 Å². The van der Waals surface area contributed by atoms with Crippen LogP contribution in [0.2, 0.25) is 5.02 Å². The van der Waals surface area contributed by atoms with Crippen LogP contribution in [0, 0.1) is 0 Å². The third-order valence-corrected chi connectivity index (χ3v) is 6.33. The number of nitrogens with zero attached hydrogens (tertiary/aromatic N) is 1. The van der Waals surface area contributed by atoms with Gasteiger partial charge < -0.3 is 9.84 Å². The molecule has 1 aromatic carbocycles. The monoisotopic (exact) mass is 393 g/mol. The maximum atomic E-state index is 14.5. The van der Waals surface area contributed by atoms with E-state index < -0.39 is 49.1 Å². The number of hydrogen-bond donors (Lipinski definition) is 1. The molecule has 2 aromatic rings. The second-order valence-corrected chi connectivity index (χ2v) is 8.20. The van der Waals surface area contributed by atoms with Crippen LogP contribution in [0.4, 0.5) is 13.2 Å². The van der Waals surface area contributed by atoms with Crippen molar-refractivity contribution in [3.8, 4) is 11.5 Å². The van der Waals surface area contributed by atoms with Gasteiger partial charge >= 0.3 is 0 Å². The fraction of sp³-hybridized carbons (Fsp3) is 0.267. The summed E-state index contributed by atoms with van der Waals surface area (Å²) >= 11 is 5.75. The number of aliphatic hydroxyl groups is 1. The minimum Gasteiger partial charge on any atom is -0.455 e. The normalized spacial score (nSPS) is 24.4. The first-order valence-corrected chi connectivity index (χ1v) is 8.78. The zero-order valence-electron chi connectivity index (χ0n) is 12.6. The van der Waals surface area contributed by atoms with E-state index in [1.165, 1.54) is 18.5 Å². The van der Waals surface area contributed by atoms with Crippen molar-refractivity contribution in [1.82, 2.24) is 4.98 Å². The fourth-order valence-electron chi connectivity index (χ4n) is 2.62. The predicted octanol–water partition coefficient (Wildman–Crippen LogP) is 3.97. The summed E-state index contributed by atoms with van der Waals surface area (Å²) in [6.45, 7) is 0.629. The molecule has 1 aliphatic heterocycles. The average molecular weight is 394 g/mol. The van der Waals surface area contributed by atoms with Crippen molar-refractivity contribution in [3.63, 3.8) is 0 Å². The number of alkyl halides is 3. The molecule has 1 aliphatic rings. The van der Waals surface area contributed by atoms with E-state index in [2.05, 4.69) is 4.98 Å². The Morgan fingerprint density at radius 1 is 1.36 bits per heavy atom. The largest absolute Gasteiger partial charge is 0.455 e. The first kappa shape index (κ1) is 18.0. The molecule has 0 spiro atoms. The van der Waals surface area contributed by atoms with Crippen molar-refractivity contribution in [2.75, 3.05) is 0 Å². The quantitative estimate of drug-likeness (QED) is 0.853. The molecule has 0 saturated heterocycles. The van der Waals surface area contributed by atoms with Gasteiger partial charge in [0.15, 0.2) is 0 Å². The Kier molecular flexibility index (Phi) is 4.21. The molecular formula is C15H11ClF3NO4S. The fourth-order valence-corrected chi connectivity index (χ4v) is 4.39. The molecule has 25 heavy (non-hydrogen) atoms. The lowest BCUT2D eigenvalue weighted by atomic mass is 9.99. The van der Waals surface area contributed by atoms with Gasteiger partial charge in [0.1, 0.15) is 17.6 Å². The molecule has 0 amide bonds. The summed E-state index contributed by atoms with van der Waals surface area (Å²) < 4.78 is 71.3. The summed E-state index contributed by atoms with van der Waals surface area (Å²) in [5.41, 5.74) is -1.59. The standard InChI is InChI=1S/C15H11ClF3NO4S/c1-15(19)13(21)12-10(25(15,22)23)3-2-9(11(12)14(17)18)24-8-4-7(16)5-20-6-8/h2-6,13-14,21H,1H3. The van der Waals surface area contributed by atoms with E-state index in [1.54, 1.807) is 0 Å². The van der Waals surface area contributed by atoms with Crippen molar-refractivity contribution in [3.05, 3.63) is 46.7 Å². The molecule has 1 N–H and O–H groups in total. The molecular weight excluding hydrogens is 383 g/mol. The lowest BCUT2D eigenvalue weighted by Gasteiger charge is -2.18. The Hall–Kier alpha value is -1.84. The molecule has 0 radical (unpaired) electrons. The Morgan fingerprint density at radius 2 is 2.04 bits per heavy atom. The van der Waals surface area contributed by atoms with Crippen molar-refractivity contribution >= 4 is 21.4 Å². The van der Waals surface area contributed by atoms with Crippen LogP contribution < -0.4 is 4.74 Å². The highest BCUT2D eigenvalue weighted by molar-refractivity contribution is 7.93. The van der Waals surface area contributed by atoms with Gasteiger partial charge in [-0.05, 0) is 19.1 Å². The van der Waals surface area contributed by atoms with E-state index in [9.17, 15) is 26.7 Å². The molecule has 1 aromatic heterocycles. The molecule has 3 rings (SSSR count). The minimum atomic E-state index is -4.62. The molecule has 2 heterocycles. The molecule has 134 valence electrons. The van der Waals surface area contributed by atoms with Gasteiger partial charge in [-0.3, -0.25) is 4.98 Å². The highest BCUT2D eigenvalue weighted by Gasteiger charge is 2.57. The zero-order chi connectivity index (χ0) is 18.6. The minimum absolute atomic E-state index is 0.0210. The van der Waals surface area contributed by atoms with Gasteiger partial charge in [-0.25, -0.2) is 21.6 Å². The molecule has 10 heteroatoms. The molecule has 0 saturated carbocycles. The highest BCUT2D eigenvalue weighted by atomic mass is 35.5. The van der Waals surface area contributed by atoms with E-state index in [0.29, 0.717) is 6.92 Å². The Morgan fingerprint density at radius 3 is 2.64 bits per heavy atom. The van der Waals surface area contributed by atoms with Crippen molar-refractivity contribution < 1.29 is 31.4 Å². The van der Waals surface area contributed by atoms with Crippen LogP contribution in [0.1, 0.15) is 30.6 Å². The maximum Gasteiger partial charge on any atom is 0.267 e. The van der Waals surface area contributed by atoms with E-state index in [-0.39, 0.29) is 10.8 Å². The first-order chi connectivity index (χ1) is 11.6. The van der Waals surface area contributed by atoms with E-state index >= 15 is 0 Å². The second-order valence-electron chi connectivity index (χ2n) is 5.52. The van der Waals surface area contributed by atoms with Gasteiger partial charge in [0, 0.05) is 17.8 Å². The molecule has 5 nitrogen and oxygen atoms in total. The number of aliphatic hydroxyl groups excluding tert-OH is 1. The number of benzene rings is 1. The zero-order valence-corrected chi connectivity index (χ0v) is 14.2. The third kappa shape index (κ3) is 2.66. The average Bonchev–Trinajstić information content (AvgIpc) is 2.65. The van der Waals surface area contributed by atoms with Gasteiger partial charge in [0.2, 0.25) is 14.8 Å². The highest BCUT2D eigenvalue weighted by Crippen LogP contribution is 2.53. The number of fused-ring (bicyclic) bond motifs is 1. The van der Waals surface area contributed by atoms with Crippen LogP contribution in [0.25, 0.3) is 0 Å². The van der Waals surface area contributed by atoms with E-state index in [4.69, 9.17) is 16.3 Å². The van der Waals surface area contributed by atoms with Crippen LogP contribution >= 0.6 is 11.6 Å². The summed E-state index contributed by atoms with van der Waals surface area (Å²) in [6.07, 6.45) is -2.97. The molecule has 2 atom stereocenters. The first-order valence-electron chi connectivity index (χ1n) is 6.92.